The lowest BCUT2D eigenvalue weighted by Crippen LogP contribution is -2.54. The van der Waals surface area contributed by atoms with Crippen LogP contribution in [0.15, 0.2) is 142 Å². The van der Waals surface area contributed by atoms with Crippen LogP contribution in [0.3, 0.4) is 0 Å². The third-order valence-electron chi connectivity index (χ3n) is 24.5. The second-order valence-corrected chi connectivity index (χ2v) is 35.3. The minimum absolute atomic E-state index is 0.0143. The number of alkyl halides is 5. The zero-order chi connectivity index (χ0) is 98.3. The van der Waals surface area contributed by atoms with Gasteiger partial charge in [0.2, 0.25) is 29.3 Å². The average Bonchev–Trinajstić information content (AvgIpc) is 1.49. The molecule has 4 N–H and O–H groups in total. The maximum Gasteiger partial charge on any atom is 0.451 e. The summed E-state index contributed by atoms with van der Waals surface area (Å²) in [4.78, 5) is 142. The number of fused-ring (bicyclic) bond motifs is 4. The molecule has 0 bridgehead atoms. The molecule has 2 saturated carbocycles. The van der Waals surface area contributed by atoms with Crippen molar-refractivity contribution in [2.75, 3.05) is 85.1 Å². The fraction of sp³-hybridized carbons (Fsp3) is 0.347. The number of aryl methyl sites for hydroxylation is 1. The van der Waals surface area contributed by atoms with Crippen LogP contribution in [-0.2, 0) is 20.6 Å². The quantitative estimate of drug-likeness (QED) is 0.0431. The molecular formula is C95H92ClF10N23O8. The molecule has 0 unspecified atom stereocenters. The van der Waals surface area contributed by atoms with Crippen molar-refractivity contribution < 1.29 is 67.4 Å². The number of oxazole rings is 1. The molecule has 0 spiro atoms. The van der Waals surface area contributed by atoms with Crippen LogP contribution >= 0.6 is 11.6 Å². The zero-order valence-electron chi connectivity index (χ0n) is 75.8. The molecule has 5 fully saturated rings. The first-order valence-electron chi connectivity index (χ1n) is 44.1. The number of amides is 3. The van der Waals surface area contributed by atoms with Gasteiger partial charge >= 0.3 is 35.9 Å². The fourth-order valence-corrected chi connectivity index (χ4v) is 17.9. The van der Waals surface area contributed by atoms with Crippen molar-refractivity contribution in [2.45, 2.75) is 155 Å². The van der Waals surface area contributed by atoms with E-state index in [0.717, 1.165) is 28.8 Å². The molecule has 10 aromatic heterocycles. The van der Waals surface area contributed by atoms with Gasteiger partial charge in [0.05, 0.1) is 83.5 Å². The van der Waals surface area contributed by atoms with E-state index in [1.807, 2.05) is 39.5 Å². The SMILES string of the molecule is C=CC(=O)N1CCN(c2nc(=O)n(-c3c(C(C)C)nc(C(F)(F)F)nc3C(C)C)c3nc(-c4c(N)cccc4F)c(F)cc23)[C@@H](C)C1.C=CC(=O)N1CCN(c2nc(=O)n(-c3c(C(C)C)nc4ocnc4c3C)c3nc(-c4ccccc4F)c(Cl)cc23)[C@@H](C)C1.C=CC(=O)N1CCN(c2nc(=O)n(-c3c(C4CC4)nc(OC(F)F)nc3C3CC3)c3nc(-c4c(N)cccc4F)c(F)cc23)[C@@H](C)C1. The molecule has 13 heterocycles. The van der Waals surface area contributed by atoms with Gasteiger partial charge in [0.15, 0.2) is 35.0 Å². The number of anilines is 5. The highest BCUT2D eigenvalue weighted by Crippen LogP contribution is 2.50. The largest absolute Gasteiger partial charge is 0.451 e. The van der Waals surface area contributed by atoms with E-state index >= 15 is 22.0 Å². The standard InChI is InChI=1S/C32H33F5N8O2.C32H30F4N8O3.C31H29ClFN7O3/c1-7-22(46)43-11-12-44(17(6)14-43)28-18-13-20(34)26(23-19(33)9-8-10-21(23)38)39-29(18)45(31(47)42-28)27-24(15(2)3)40-30(32(35,36)37)41-25(27)16(4)5;1-3-22(45)42-11-12-43(15(2)14-42)28-18-13-20(34)26(23-19(33)5-4-6-21(23)37)38-29(18)44(32(46)41-28)27-24(16-7-8-16)39-31(47-30(35)36)40-25(27)17-9-10-17;1-6-23(41)38-11-12-39(17(4)14-38)28-20-13-21(32)26(19-9-7-8-10-22(19)33)35-29(20)40(31(42)37-28)27-18(5)25-30(43-15-34-25)36-24(27)16(2)3/h7-10,13,15-17H,1,11-12,14,38H2,2-6H3;3-6,13,15-17,30H,1,7-12,14,37H2,2H3;6-10,13,15-17H,1,11-12,14H2,2-5H3/t17-;15-;17-/m000/s1. The third kappa shape index (κ3) is 18.3. The van der Waals surface area contributed by atoms with E-state index in [1.165, 1.54) is 64.1 Å². The van der Waals surface area contributed by atoms with Crippen molar-refractivity contribution in [3.63, 3.8) is 0 Å². The minimum Gasteiger partial charge on any atom is -0.425 e. The fourth-order valence-electron chi connectivity index (χ4n) is 17.6. The number of pyridine rings is 4. The van der Waals surface area contributed by atoms with Gasteiger partial charge in [-0.05, 0) is 144 Å². The van der Waals surface area contributed by atoms with Crippen molar-refractivity contribution in [1.82, 2.24) is 88.2 Å². The first-order valence-corrected chi connectivity index (χ1v) is 44.5. The summed E-state index contributed by atoms with van der Waals surface area (Å²) in [5.74, 6) is -7.37. The number of benzene rings is 3. The lowest BCUT2D eigenvalue weighted by atomic mass is 10.0. The Morgan fingerprint density at radius 1 is 0.496 bits per heavy atom. The van der Waals surface area contributed by atoms with Crippen LogP contribution in [0.2, 0.25) is 5.02 Å². The van der Waals surface area contributed by atoms with E-state index in [1.54, 1.807) is 83.4 Å². The summed E-state index contributed by atoms with van der Waals surface area (Å²) >= 11 is 6.79. The van der Waals surface area contributed by atoms with Crippen LogP contribution in [0, 0.1) is 36.0 Å². The summed E-state index contributed by atoms with van der Waals surface area (Å²) in [5.41, 5.74) is 11.5. The maximum atomic E-state index is 16.1. The molecule has 2 aliphatic carbocycles. The number of nitrogen functional groups attached to an aromatic ring is 2. The van der Waals surface area contributed by atoms with Crippen LogP contribution in [0.4, 0.5) is 72.7 Å². The van der Waals surface area contributed by atoms with Crippen LogP contribution in [0.5, 0.6) is 6.01 Å². The first kappa shape index (κ1) is 95.5. The Hall–Kier alpha value is -14.7. The van der Waals surface area contributed by atoms with E-state index < -0.39 is 100 Å². The lowest BCUT2D eigenvalue weighted by molar-refractivity contribution is -0.145. The summed E-state index contributed by atoms with van der Waals surface area (Å²) in [7, 11) is 0. The Labute approximate surface area is 780 Å². The molecule has 31 nitrogen and oxygen atoms in total. The number of carbonyl (C=O) groups excluding carboxylic acids is 3. The van der Waals surface area contributed by atoms with Crippen molar-refractivity contribution in [3.8, 4) is 56.8 Å². The number of piperazine rings is 3. The average molecular weight is 1910 g/mol. The summed E-state index contributed by atoms with van der Waals surface area (Å²) < 4.78 is 159. The van der Waals surface area contributed by atoms with Crippen LogP contribution in [-0.4, -0.2) is 190 Å². The topological polar surface area (TPSA) is 366 Å². The highest BCUT2D eigenvalue weighted by atomic mass is 35.5. The summed E-state index contributed by atoms with van der Waals surface area (Å²) in [6, 6.07) is 16.3. The predicted molar refractivity (Wildman–Crippen MR) is 495 cm³/mol. The predicted octanol–water partition coefficient (Wildman–Crippen LogP) is 15.7. The lowest BCUT2D eigenvalue weighted by Gasteiger charge is -2.40. The van der Waals surface area contributed by atoms with E-state index in [9.17, 15) is 50.7 Å². The Bertz CT molecular complexity index is 7190. The first-order chi connectivity index (χ1) is 65.2. The van der Waals surface area contributed by atoms with Gasteiger partial charge in [-0.25, -0.2) is 84.9 Å². The number of halogens is 11. The highest BCUT2D eigenvalue weighted by Gasteiger charge is 2.43. The van der Waals surface area contributed by atoms with Gasteiger partial charge in [0.25, 0.3) is 0 Å². The second-order valence-electron chi connectivity index (χ2n) is 34.9. The van der Waals surface area contributed by atoms with Crippen molar-refractivity contribution in [2.24, 2.45) is 0 Å². The van der Waals surface area contributed by atoms with Gasteiger partial charge in [-0.2, -0.15) is 46.9 Å². The van der Waals surface area contributed by atoms with Gasteiger partial charge in [-0.15, -0.1) is 0 Å². The van der Waals surface area contributed by atoms with Gasteiger partial charge in [-0.3, -0.25) is 14.4 Å². The second kappa shape index (κ2) is 37.9. The van der Waals surface area contributed by atoms with Crippen molar-refractivity contribution >= 4 is 102 Å². The van der Waals surface area contributed by atoms with E-state index in [-0.39, 0.29) is 188 Å². The normalized spacial score (nSPS) is 16.5. The Morgan fingerprint density at radius 3 is 1.26 bits per heavy atom. The minimum atomic E-state index is -4.89. The molecule has 3 atom stereocenters. The van der Waals surface area contributed by atoms with Gasteiger partial charge in [0.1, 0.15) is 51.8 Å². The molecule has 18 rings (SSSR count). The highest BCUT2D eigenvalue weighted by molar-refractivity contribution is 6.34. The van der Waals surface area contributed by atoms with Gasteiger partial charge < -0.3 is 50.0 Å². The monoisotopic (exact) mass is 1910 g/mol. The molecule has 0 radical (unpaired) electrons. The molecule has 3 aliphatic heterocycles. The number of aromatic nitrogens is 15. The van der Waals surface area contributed by atoms with Crippen LogP contribution in [0.1, 0.15) is 157 Å². The van der Waals surface area contributed by atoms with Gasteiger partial charge in [-0.1, -0.05) is 97.1 Å². The molecular weight excluding hydrogens is 1820 g/mol. The zero-order valence-corrected chi connectivity index (χ0v) is 76.6. The van der Waals surface area contributed by atoms with Gasteiger partial charge in [0, 0.05) is 111 Å². The Balaban J connectivity index is 0.000000149. The Morgan fingerprint density at radius 2 is 0.883 bits per heavy atom. The number of nitrogens with two attached hydrogens (primary N) is 2. The van der Waals surface area contributed by atoms with Crippen LogP contribution in [0.25, 0.3) is 95.2 Å². The number of carbonyl (C=O) groups is 3. The molecule has 13 aromatic rings. The van der Waals surface area contributed by atoms with Crippen molar-refractivity contribution in [1.29, 1.82) is 0 Å². The number of hydrogen-bond acceptors (Lipinski definition) is 25. The molecule has 42 heteroatoms. The number of rotatable bonds is 19. The molecule has 712 valence electrons. The maximum absolute atomic E-state index is 16.1. The van der Waals surface area contributed by atoms with Crippen LogP contribution < -0.4 is 48.0 Å². The number of ether oxygens (including phenoxy) is 1. The molecule has 3 amide bonds. The summed E-state index contributed by atoms with van der Waals surface area (Å²) in [5, 5.41) is 0.840. The molecule has 3 saturated heterocycles. The van der Waals surface area contributed by atoms with E-state index in [4.69, 9.17) is 37.5 Å². The van der Waals surface area contributed by atoms with E-state index in [0.29, 0.717) is 96.1 Å². The summed E-state index contributed by atoms with van der Waals surface area (Å²) in [6.07, 6.45) is 2.87. The van der Waals surface area contributed by atoms with E-state index in [2.05, 4.69) is 74.3 Å². The molecule has 5 aliphatic rings. The number of hydrogen-bond donors (Lipinski definition) is 2. The third-order valence-corrected chi connectivity index (χ3v) is 24.8. The Kier molecular flexibility index (Phi) is 26.4. The summed E-state index contributed by atoms with van der Waals surface area (Å²) in [6.45, 7) is 28.0. The van der Waals surface area contributed by atoms with Crippen molar-refractivity contribution in [3.05, 3.63) is 229 Å². The number of nitrogens with zero attached hydrogens (tertiary/aromatic N) is 21. The molecule has 137 heavy (non-hydrogen) atoms. The molecule has 3 aromatic carbocycles. The smallest absolute Gasteiger partial charge is 0.425 e.